The van der Waals surface area contributed by atoms with Gasteiger partial charge in [-0.15, -0.1) is 11.3 Å². The zero-order chi connectivity index (χ0) is 18.6. The summed E-state index contributed by atoms with van der Waals surface area (Å²) in [5.74, 6) is 0.349. The Labute approximate surface area is 158 Å². The summed E-state index contributed by atoms with van der Waals surface area (Å²) in [6.07, 6.45) is 3.31. The highest BCUT2D eigenvalue weighted by atomic mass is 32.2. The quantitative estimate of drug-likeness (QED) is 0.785. The van der Waals surface area contributed by atoms with Gasteiger partial charge in [0, 0.05) is 18.2 Å². The second kappa shape index (κ2) is 8.33. The van der Waals surface area contributed by atoms with E-state index >= 15 is 0 Å². The molecule has 2 aromatic rings. The van der Waals surface area contributed by atoms with Crippen molar-refractivity contribution >= 4 is 33.0 Å². The molecular weight excluding hydrogens is 368 g/mol. The van der Waals surface area contributed by atoms with Crippen LogP contribution in [0.3, 0.4) is 0 Å². The highest BCUT2D eigenvalue weighted by Gasteiger charge is 2.27. The number of sulfonamides is 1. The maximum atomic E-state index is 12.4. The van der Waals surface area contributed by atoms with E-state index in [1.165, 1.54) is 11.3 Å². The van der Waals surface area contributed by atoms with Crippen molar-refractivity contribution in [1.29, 1.82) is 0 Å². The van der Waals surface area contributed by atoms with Crippen molar-refractivity contribution in [3.63, 3.8) is 0 Å². The van der Waals surface area contributed by atoms with Gasteiger partial charge < -0.3 is 5.32 Å². The van der Waals surface area contributed by atoms with Crippen molar-refractivity contribution in [3.8, 4) is 0 Å². The van der Waals surface area contributed by atoms with Gasteiger partial charge in [-0.1, -0.05) is 18.2 Å². The lowest BCUT2D eigenvalue weighted by molar-refractivity contribution is -0.121. The fraction of sp³-hybridized carbons (Fsp3) is 0.421. The normalized spacial score (nSPS) is 20.7. The average Bonchev–Trinajstić information content (AvgIpc) is 3.16. The number of hydrogen-bond acceptors (Lipinski definition) is 4. The zero-order valence-corrected chi connectivity index (χ0v) is 16.4. The van der Waals surface area contributed by atoms with Crippen molar-refractivity contribution in [2.75, 3.05) is 11.9 Å². The van der Waals surface area contributed by atoms with Crippen LogP contribution in [-0.4, -0.2) is 20.9 Å². The van der Waals surface area contributed by atoms with Crippen molar-refractivity contribution in [1.82, 2.24) is 4.72 Å². The molecule has 0 atom stereocenters. The molecule has 0 spiro atoms. The summed E-state index contributed by atoms with van der Waals surface area (Å²) in [4.78, 5) is 12.4. The predicted octanol–water partition coefficient (Wildman–Crippen LogP) is 3.78. The lowest BCUT2D eigenvalue weighted by Crippen LogP contribution is -2.33. The summed E-state index contributed by atoms with van der Waals surface area (Å²) in [5, 5.41) is 4.75. The molecule has 1 saturated carbocycles. The summed E-state index contributed by atoms with van der Waals surface area (Å²) in [5.41, 5.74) is 1.95. The van der Waals surface area contributed by atoms with Crippen LogP contribution in [0.15, 0.2) is 46.0 Å². The SMILES string of the molecule is Cc1cccc(NC(=O)C2CCC(CNS(=O)(=O)c3cccs3)CC2)c1. The van der Waals surface area contributed by atoms with E-state index in [0.717, 1.165) is 36.9 Å². The van der Waals surface area contributed by atoms with E-state index in [-0.39, 0.29) is 17.7 Å². The van der Waals surface area contributed by atoms with Gasteiger partial charge in [0.1, 0.15) is 4.21 Å². The van der Waals surface area contributed by atoms with Crippen LogP contribution in [0.5, 0.6) is 0 Å². The predicted molar refractivity (Wildman–Crippen MR) is 105 cm³/mol. The van der Waals surface area contributed by atoms with Gasteiger partial charge in [-0.05, 0) is 67.7 Å². The summed E-state index contributed by atoms with van der Waals surface area (Å²) < 4.78 is 27.4. The largest absolute Gasteiger partial charge is 0.326 e. The molecule has 1 aliphatic rings. The molecule has 0 bridgehead atoms. The van der Waals surface area contributed by atoms with Gasteiger partial charge in [0.25, 0.3) is 0 Å². The lowest BCUT2D eigenvalue weighted by Gasteiger charge is -2.27. The van der Waals surface area contributed by atoms with Gasteiger partial charge in [0.2, 0.25) is 15.9 Å². The molecule has 0 radical (unpaired) electrons. The third-order valence-electron chi connectivity index (χ3n) is 4.83. The Balaban J connectivity index is 1.46. The fourth-order valence-corrected chi connectivity index (χ4v) is 5.46. The van der Waals surface area contributed by atoms with E-state index in [1.807, 2.05) is 31.2 Å². The molecule has 3 rings (SSSR count). The Kier molecular flexibility index (Phi) is 6.11. The van der Waals surface area contributed by atoms with E-state index in [2.05, 4.69) is 10.0 Å². The number of anilines is 1. The van der Waals surface area contributed by atoms with Crippen LogP contribution in [0, 0.1) is 18.8 Å². The number of nitrogens with one attached hydrogen (secondary N) is 2. The monoisotopic (exact) mass is 392 g/mol. The first kappa shape index (κ1) is 19.1. The molecule has 1 aromatic carbocycles. The Morgan fingerprint density at radius 2 is 1.92 bits per heavy atom. The number of benzene rings is 1. The number of rotatable bonds is 6. The minimum atomic E-state index is -3.40. The number of aryl methyl sites for hydroxylation is 1. The molecule has 26 heavy (non-hydrogen) atoms. The smallest absolute Gasteiger partial charge is 0.250 e. The van der Waals surface area contributed by atoms with E-state index in [4.69, 9.17) is 0 Å². The minimum absolute atomic E-state index is 0.000616. The summed E-state index contributed by atoms with van der Waals surface area (Å²) in [6, 6.07) is 11.1. The average molecular weight is 393 g/mol. The van der Waals surface area contributed by atoms with Crippen molar-refractivity contribution in [2.24, 2.45) is 11.8 Å². The maximum absolute atomic E-state index is 12.4. The zero-order valence-electron chi connectivity index (χ0n) is 14.8. The molecule has 0 unspecified atom stereocenters. The standard InChI is InChI=1S/C19H24N2O3S2/c1-14-4-2-5-17(12-14)21-19(22)16-9-7-15(8-10-16)13-20-26(23,24)18-6-3-11-25-18/h2-6,11-12,15-16,20H,7-10,13H2,1H3,(H,21,22). The Bertz CT molecular complexity index is 839. The van der Waals surface area contributed by atoms with Gasteiger partial charge in [0.15, 0.2) is 0 Å². The topological polar surface area (TPSA) is 75.3 Å². The van der Waals surface area contributed by atoms with Crippen LogP contribution >= 0.6 is 11.3 Å². The van der Waals surface area contributed by atoms with Gasteiger partial charge in [-0.3, -0.25) is 4.79 Å². The minimum Gasteiger partial charge on any atom is -0.326 e. The second-order valence-corrected chi connectivity index (χ2v) is 9.80. The number of thiophene rings is 1. The molecule has 1 aromatic heterocycles. The van der Waals surface area contributed by atoms with Gasteiger partial charge >= 0.3 is 0 Å². The van der Waals surface area contributed by atoms with Crippen LogP contribution in [0.2, 0.25) is 0 Å². The molecule has 1 amide bonds. The van der Waals surface area contributed by atoms with Crippen LogP contribution < -0.4 is 10.0 Å². The molecule has 140 valence electrons. The van der Waals surface area contributed by atoms with Crippen molar-refractivity contribution < 1.29 is 13.2 Å². The van der Waals surface area contributed by atoms with Crippen molar-refractivity contribution in [2.45, 2.75) is 36.8 Å². The maximum Gasteiger partial charge on any atom is 0.250 e. The highest BCUT2D eigenvalue weighted by Crippen LogP contribution is 2.30. The molecule has 2 N–H and O–H groups in total. The van der Waals surface area contributed by atoms with Crippen molar-refractivity contribution in [3.05, 3.63) is 47.3 Å². The first-order valence-electron chi connectivity index (χ1n) is 8.85. The number of hydrogen-bond donors (Lipinski definition) is 2. The Morgan fingerprint density at radius 3 is 2.58 bits per heavy atom. The van der Waals surface area contributed by atoms with E-state index in [0.29, 0.717) is 10.8 Å². The Morgan fingerprint density at radius 1 is 1.15 bits per heavy atom. The van der Waals surface area contributed by atoms with E-state index in [1.54, 1.807) is 17.5 Å². The van der Waals surface area contributed by atoms with Crippen LogP contribution in [0.4, 0.5) is 5.69 Å². The van der Waals surface area contributed by atoms with Gasteiger partial charge in [0.05, 0.1) is 0 Å². The molecule has 0 aliphatic heterocycles. The van der Waals surface area contributed by atoms with Gasteiger partial charge in [-0.25, -0.2) is 13.1 Å². The second-order valence-electron chi connectivity index (χ2n) is 6.86. The van der Waals surface area contributed by atoms with Crippen LogP contribution in [0.25, 0.3) is 0 Å². The van der Waals surface area contributed by atoms with Crippen LogP contribution in [-0.2, 0) is 14.8 Å². The molecule has 1 fully saturated rings. The molecule has 5 nitrogen and oxygen atoms in total. The third kappa shape index (κ3) is 4.93. The molecule has 0 saturated heterocycles. The van der Waals surface area contributed by atoms with Gasteiger partial charge in [-0.2, -0.15) is 0 Å². The summed E-state index contributed by atoms with van der Waals surface area (Å²) in [6.45, 7) is 2.44. The summed E-state index contributed by atoms with van der Waals surface area (Å²) in [7, 11) is -3.40. The highest BCUT2D eigenvalue weighted by molar-refractivity contribution is 7.91. The van der Waals surface area contributed by atoms with Crippen LogP contribution in [0.1, 0.15) is 31.2 Å². The molecule has 1 heterocycles. The lowest BCUT2D eigenvalue weighted by atomic mass is 9.81. The summed E-state index contributed by atoms with van der Waals surface area (Å²) >= 11 is 1.22. The third-order valence-corrected chi connectivity index (χ3v) is 7.65. The van der Waals surface area contributed by atoms with E-state index in [9.17, 15) is 13.2 Å². The van der Waals surface area contributed by atoms with E-state index < -0.39 is 10.0 Å². The molecule has 7 heteroatoms. The fourth-order valence-electron chi connectivity index (χ4n) is 3.31. The first-order valence-corrected chi connectivity index (χ1v) is 11.2. The molecule has 1 aliphatic carbocycles. The first-order chi connectivity index (χ1) is 12.4. The Hall–Kier alpha value is -1.70. The molecular formula is C19H24N2O3S2. The number of amides is 1. The number of carbonyl (C=O) groups is 1. The number of carbonyl (C=O) groups excluding carboxylic acids is 1.